The Bertz CT molecular complexity index is 973. The Hall–Kier alpha value is -2.82. The quantitative estimate of drug-likeness (QED) is 0.505. The van der Waals surface area contributed by atoms with Crippen LogP contribution in [0, 0.1) is 19.3 Å². The molecule has 0 aromatic heterocycles. The zero-order chi connectivity index (χ0) is 21.9. The molecule has 30 heavy (non-hydrogen) atoms. The van der Waals surface area contributed by atoms with Crippen LogP contribution in [0.1, 0.15) is 43.6 Å². The summed E-state index contributed by atoms with van der Waals surface area (Å²) in [7, 11) is 0. The van der Waals surface area contributed by atoms with E-state index in [4.69, 9.17) is 15.2 Å². The average molecular weight is 406 g/mol. The van der Waals surface area contributed by atoms with E-state index in [-0.39, 0.29) is 5.41 Å². The van der Waals surface area contributed by atoms with E-state index < -0.39 is 12.1 Å². The van der Waals surface area contributed by atoms with Crippen LogP contribution in [-0.2, 0) is 0 Å². The fraction of sp³-hybridized carbons (Fsp3) is 0.308. The molecule has 0 saturated heterocycles. The van der Waals surface area contributed by atoms with Crippen molar-refractivity contribution in [3.05, 3.63) is 83.4 Å². The van der Waals surface area contributed by atoms with Crippen molar-refractivity contribution in [2.45, 2.75) is 46.8 Å². The topological polar surface area (TPSA) is 64.7 Å². The lowest BCUT2D eigenvalue weighted by Gasteiger charge is -2.31. The minimum atomic E-state index is -0.821. The summed E-state index contributed by atoms with van der Waals surface area (Å²) in [5, 5.41) is 10.8. The molecule has 0 bridgehead atoms. The summed E-state index contributed by atoms with van der Waals surface area (Å²) < 4.78 is 12.2. The number of benzene rings is 3. The van der Waals surface area contributed by atoms with Crippen molar-refractivity contribution >= 4 is 0 Å². The van der Waals surface area contributed by atoms with Crippen LogP contribution >= 0.6 is 0 Å². The zero-order valence-corrected chi connectivity index (χ0v) is 18.3. The van der Waals surface area contributed by atoms with Crippen LogP contribution in [0.3, 0.4) is 0 Å². The largest absolute Gasteiger partial charge is 0.453 e. The molecular weight excluding hydrogens is 374 g/mol. The van der Waals surface area contributed by atoms with Gasteiger partial charge in [0.15, 0.2) is 11.5 Å². The Balaban J connectivity index is 1.96. The summed E-state index contributed by atoms with van der Waals surface area (Å²) >= 11 is 0. The number of rotatable bonds is 6. The van der Waals surface area contributed by atoms with Gasteiger partial charge in [-0.05, 0) is 61.2 Å². The Kier molecular flexibility index (Phi) is 6.49. The van der Waals surface area contributed by atoms with Gasteiger partial charge in [0.05, 0.1) is 6.10 Å². The van der Waals surface area contributed by atoms with Gasteiger partial charge >= 0.3 is 0 Å². The molecule has 0 heterocycles. The Morgan fingerprint density at radius 1 is 0.733 bits per heavy atom. The number of aliphatic hydroxyl groups is 1. The monoisotopic (exact) mass is 405 g/mol. The third-order valence-corrected chi connectivity index (χ3v) is 5.15. The first-order valence-electron chi connectivity index (χ1n) is 10.2. The Morgan fingerprint density at radius 2 is 1.20 bits per heavy atom. The molecule has 0 radical (unpaired) electrons. The van der Waals surface area contributed by atoms with Crippen molar-refractivity contribution in [1.29, 1.82) is 0 Å². The molecule has 0 fully saturated rings. The molecule has 3 aromatic rings. The van der Waals surface area contributed by atoms with Gasteiger partial charge in [-0.3, -0.25) is 0 Å². The molecule has 3 N–H and O–H groups in total. The van der Waals surface area contributed by atoms with Gasteiger partial charge < -0.3 is 20.3 Å². The molecule has 158 valence electrons. The van der Waals surface area contributed by atoms with E-state index in [0.29, 0.717) is 28.6 Å². The predicted molar refractivity (Wildman–Crippen MR) is 121 cm³/mol. The first-order chi connectivity index (χ1) is 14.1. The summed E-state index contributed by atoms with van der Waals surface area (Å²) in [6.45, 7) is 10.1. The highest BCUT2D eigenvalue weighted by molar-refractivity contribution is 5.48. The lowest BCUT2D eigenvalue weighted by atomic mass is 9.82. The lowest BCUT2D eigenvalue weighted by Crippen LogP contribution is -2.40. The minimum Gasteiger partial charge on any atom is -0.453 e. The van der Waals surface area contributed by atoms with E-state index in [1.807, 2.05) is 95.3 Å². The van der Waals surface area contributed by atoms with Gasteiger partial charge in [-0.15, -0.1) is 0 Å². The third-order valence-electron chi connectivity index (χ3n) is 5.15. The molecule has 0 saturated carbocycles. The van der Waals surface area contributed by atoms with E-state index in [1.165, 1.54) is 0 Å². The number of hydrogen-bond acceptors (Lipinski definition) is 4. The predicted octanol–water partition coefficient (Wildman–Crippen LogP) is 6.29. The second-order valence-electron chi connectivity index (χ2n) is 8.87. The first-order valence-corrected chi connectivity index (χ1v) is 10.2. The maximum absolute atomic E-state index is 10.8. The minimum absolute atomic E-state index is 0.242. The normalized spacial score (nSPS) is 13.6. The standard InChI is InChI=1S/C26H31NO3/c1-17-6-11-20(12-7-17)29-22-15-10-19(24(28)25(27)26(3,4)5)16-23(22)30-21-13-8-18(2)9-14-21/h6-16,24-25,28H,27H2,1-5H3. The molecule has 0 aliphatic rings. The molecule has 2 atom stereocenters. The van der Waals surface area contributed by atoms with E-state index in [9.17, 15) is 5.11 Å². The van der Waals surface area contributed by atoms with Crippen molar-refractivity contribution in [1.82, 2.24) is 0 Å². The third kappa shape index (κ3) is 5.41. The summed E-state index contributed by atoms with van der Waals surface area (Å²) in [5.41, 5.74) is 9.06. The Labute approximate surface area is 179 Å². The summed E-state index contributed by atoms with van der Waals surface area (Å²) in [6, 6.07) is 20.7. The number of ether oxygens (including phenoxy) is 2. The molecular formula is C26H31NO3. The zero-order valence-electron chi connectivity index (χ0n) is 18.3. The van der Waals surface area contributed by atoms with Crippen LogP contribution < -0.4 is 15.2 Å². The van der Waals surface area contributed by atoms with E-state index in [1.54, 1.807) is 6.07 Å². The van der Waals surface area contributed by atoms with Crippen molar-refractivity contribution in [2.75, 3.05) is 0 Å². The molecule has 0 aliphatic carbocycles. The van der Waals surface area contributed by atoms with Crippen LogP contribution in [0.15, 0.2) is 66.7 Å². The summed E-state index contributed by atoms with van der Waals surface area (Å²) in [4.78, 5) is 0. The van der Waals surface area contributed by atoms with Gasteiger partial charge in [-0.25, -0.2) is 0 Å². The smallest absolute Gasteiger partial charge is 0.170 e. The van der Waals surface area contributed by atoms with E-state index in [0.717, 1.165) is 11.1 Å². The SMILES string of the molecule is Cc1ccc(Oc2ccc(C(O)C(N)C(C)(C)C)cc2Oc2ccc(C)cc2)cc1. The first kappa shape index (κ1) is 21.9. The maximum Gasteiger partial charge on any atom is 0.170 e. The second kappa shape index (κ2) is 8.90. The van der Waals surface area contributed by atoms with Gasteiger partial charge in [0.2, 0.25) is 0 Å². The number of nitrogens with two attached hydrogens (primary N) is 1. The summed E-state index contributed by atoms with van der Waals surface area (Å²) in [5.74, 6) is 2.51. The van der Waals surface area contributed by atoms with Crippen molar-refractivity contribution < 1.29 is 14.6 Å². The average Bonchev–Trinajstić information content (AvgIpc) is 2.70. The summed E-state index contributed by atoms with van der Waals surface area (Å²) in [6.07, 6.45) is -0.821. The molecule has 0 spiro atoms. The highest BCUT2D eigenvalue weighted by Crippen LogP contribution is 2.38. The van der Waals surface area contributed by atoms with Crippen molar-refractivity contribution in [3.8, 4) is 23.0 Å². The second-order valence-corrected chi connectivity index (χ2v) is 8.87. The van der Waals surface area contributed by atoms with Gasteiger partial charge in [0.1, 0.15) is 11.5 Å². The van der Waals surface area contributed by atoms with E-state index in [2.05, 4.69) is 0 Å². The van der Waals surface area contributed by atoms with Crippen LogP contribution in [0.2, 0.25) is 0 Å². The number of aliphatic hydroxyl groups excluding tert-OH is 1. The van der Waals surface area contributed by atoms with Crippen molar-refractivity contribution in [2.24, 2.45) is 11.1 Å². The highest BCUT2D eigenvalue weighted by Gasteiger charge is 2.29. The van der Waals surface area contributed by atoms with Gasteiger partial charge in [0.25, 0.3) is 0 Å². The molecule has 0 amide bonds. The number of hydrogen-bond donors (Lipinski definition) is 2. The molecule has 2 unspecified atom stereocenters. The lowest BCUT2D eigenvalue weighted by molar-refractivity contribution is 0.0924. The highest BCUT2D eigenvalue weighted by atomic mass is 16.5. The van der Waals surface area contributed by atoms with Crippen molar-refractivity contribution in [3.63, 3.8) is 0 Å². The van der Waals surface area contributed by atoms with Crippen LogP contribution in [0.25, 0.3) is 0 Å². The molecule has 4 heteroatoms. The molecule has 3 aromatic carbocycles. The van der Waals surface area contributed by atoms with Crippen LogP contribution in [0.5, 0.6) is 23.0 Å². The number of aryl methyl sites for hydroxylation is 2. The van der Waals surface area contributed by atoms with Gasteiger partial charge in [0, 0.05) is 6.04 Å². The fourth-order valence-electron chi connectivity index (χ4n) is 3.02. The molecule has 0 aliphatic heterocycles. The van der Waals surface area contributed by atoms with E-state index >= 15 is 0 Å². The maximum atomic E-state index is 10.8. The van der Waals surface area contributed by atoms with Crippen LogP contribution in [0.4, 0.5) is 0 Å². The van der Waals surface area contributed by atoms with Gasteiger partial charge in [-0.1, -0.05) is 62.2 Å². The molecule has 4 nitrogen and oxygen atoms in total. The van der Waals surface area contributed by atoms with Gasteiger partial charge in [-0.2, -0.15) is 0 Å². The fourth-order valence-corrected chi connectivity index (χ4v) is 3.02. The van der Waals surface area contributed by atoms with Crippen LogP contribution in [-0.4, -0.2) is 11.1 Å². The Morgan fingerprint density at radius 3 is 1.67 bits per heavy atom. The molecule has 3 rings (SSSR count).